The minimum absolute atomic E-state index is 0.0952. The molecule has 1 N–H and O–H groups in total. The number of hydrogen-bond acceptors (Lipinski definition) is 2. The first kappa shape index (κ1) is 20.0. The Hall–Kier alpha value is -2.28. The van der Waals surface area contributed by atoms with Crippen LogP contribution in [0.4, 0.5) is 4.79 Å². The molecule has 0 aromatic heterocycles. The number of carbonyl (C=O) groups excluding carboxylic acids is 1. The number of urea groups is 1. The van der Waals surface area contributed by atoms with E-state index in [4.69, 9.17) is 0 Å². The van der Waals surface area contributed by atoms with Crippen molar-refractivity contribution in [3.05, 3.63) is 41.0 Å². The number of nitrogens with one attached hydrogen (secondary N) is 1. The van der Waals surface area contributed by atoms with Gasteiger partial charge in [-0.05, 0) is 24.8 Å². The second-order valence-corrected chi connectivity index (χ2v) is 7.70. The summed E-state index contributed by atoms with van der Waals surface area (Å²) in [5.74, 6) is 0. The third-order valence-corrected chi connectivity index (χ3v) is 5.04. The van der Waals surface area contributed by atoms with Gasteiger partial charge in [0, 0.05) is 24.1 Å². The van der Waals surface area contributed by atoms with E-state index in [1.54, 1.807) is 0 Å². The van der Waals surface area contributed by atoms with Gasteiger partial charge in [0.15, 0.2) is 0 Å². The summed E-state index contributed by atoms with van der Waals surface area (Å²) >= 11 is 0. The molecular formula is C22H31N3O. The number of unbranched alkanes of at least 4 members (excludes halogenated alkanes) is 2. The van der Waals surface area contributed by atoms with Crippen molar-refractivity contribution in [2.75, 3.05) is 13.1 Å². The molecule has 140 valence electrons. The Morgan fingerprint density at radius 3 is 2.38 bits per heavy atom. The van der Waals surface area contributed by atoms with Crippen LogP contribution >= 0.6 is 0 Å². The molecule has 1 aliphatic rings. The third-order valence-electron chi connectivity index (χ3n) is 5.04. The van der Waals surface area contributed by atoms with E-state index >= 15 is 0 Å². The highest BCUT2D eigenvalue weighted by Crippen LogP contribution is 2.41. The topological polar surface area (TPSA) is 56.1 Å². The Balaban J connectivity index is 2.35. The summed E-state index contributed by atoms with van der Waals surface area (Å²) in [4.78, 5) is 14.9. The summed E-state index contributed by atoms with van der Waals surface area (Å²) in [6, 6.07) is 10.3. The van der Waals surface area contributed by atoms with Crippen molar-refractivity contribution in [2.45, 2.75) is 59.8 Å². The van der Waals surface area contributed by atoms with Crippen molar-refractivity contribution in [1.29, 1.82) is 5.26 Å². The molecule has 2 rings (SSSR count). The van der Waals surface area contributed by atoms with Crippen LogP contribution in [0.25, 0.3) is 5.70 Å². The molecule has 0 atom stereocenters. The van der Waals surface area contributed by atoms with Gasteiger partial charge in [-0.2, -0.15) is 5.26 Å². The molecule has 0 saturated carbocycles. The largest absolute Gasteiger partial charge is 0.325 e. The van der Waals surface area contributed by atoms with Gasteiger partial charge in [-0.1, -0.05) is 64.8 Å². The van der Waals surface area contributed by atoms with Crippen LogP contribution in [0.2, 0.25) is 0 Å². The molecular weight excluding hydrogens is 322 g/mol. The van der Waals surface area contributed by atoms with E-state index < -0.39 is 0 Å². The van der Waals surface area contributed by atoms with E-state index in [-0.39, 0.29) is 11.4 Å². The van der Waals surface area contributed by atoms with Crippen LogP contribution in [0.5, 0.6) is 0 Å². The molecule has 0 spiro atoms. The van der Waals surface area contributed by atoms with E-state index in [0.717, 1.165) is 50.8 Å². The molecule has 0 saturated heterocycles. The lowest BCUT2D eigenvalue weighted by molar-refractivity contribution is 0.200. The van der Waals surface area contributed by atoms with Crippen LogP contribution in [0.3, 0.4) is 0 Å². The van der Waals surface area contributed by atoms with Gasteiger partial charge in [-0.25, -0.2) is 4.79 Å². The van der Waals surface area contributed by atoms with Gasteiger partial charge in [0.2, 0.25) is 0 Å². The van der Waals surface area contributed by atoms with E-state index in [0.29, 0.717) is 11.3 Å². The Morgan fingerprint density at radius 1 is 1.19 bits per heavy atom. The Labute approximate surface area is 157 Å². The maximum absolute atomic E-state index is 13.0. The molecule has 4 nitrogen and oxygen atoms in total. The molecule has 0 radical (unpaired) electrons. The van der Waals surface area contributed by atoms with Crippen LogP contribution in [0.1, 0.15) is 64.5 Å². The van der Waals surface area contributed by atoms with Gasteiger partial charge in [0.1, 0.15) is 0 Å². The summed E-state index contributed by atoms with van der Waals surface area (Å²) in [5.41, 5.74) is 3.21. The fraction of sp³-hybridized carbons (Fsp3) is 0.545. The van der Waals surface area contributed by atoms with Gasteiger partial charge in [0.25, 0.3) is 0 Å². The molecule has 1 aromatic rings. The highest BCUT2D eigenvalue weighted by atomic mass is 16.2. The fourth-order valence-corrected chi connectivity index (χ4v) is 3.49. The van der Waals surface area contributed by atoms with Crippen LogP contribution in [-0.2, 0) is 6.42 Å². The smallest absolute Gasteiger partial charge is 0.321 e. The molecule has 4 heteroatoms. The Bertz CT molecular complexity index is 704. The molecule has 26 heavy (non-hydrogen) atoms. The zero-order valence-electron chi connectivity index (χ0n) is 16.6. The number of hydrogen-bond donors (Lipinski definition) is 1. The molecule has 1 aromatic carbocycles. The van der Waals surface area contributed by atoms with Crippen LogP contribution in [0, 0.1) is 16.7 Å². The number of fused-ring (bicyclic) bond motifs is 1. The van der Waals surface area contributed by atoms with E-state index in [2.05, 4.69) is 45.1 Å². The Kier molecular flexibility index (Phi) is 6.85. The summed E-state index contributed by atoms with van der Waals surface area (Å²) in [6.07, 6.45) is 4.89. The monoisotopic (exact) mass is 353 g/mol. The maximum atomic E-state index is 13.0. The number of benzene rings is 1. The summed E-state index contributed by atoms with van der Waals surface area (Å²) in [6.45, 7) is 9.91. The average molecular weight is 354 g/mol. The summed E-state index contributed by atoms with van der Waals surface area (Å²) < 4.78 is 0. The molecule has 0 bridgehead atoms. The number of nitriles is 1. The van der Waals surface area contributed by atoms with Gasteiger partial charge in [-0.3, -0.25) is 0 Å². The first-order chi connectivity index (χ1) is 12.4. The zero-order valence-corrected chi connectivity index (χ0v) is 16.6. The van der Waals surface area contributed by atoms with Crippen molar-refractivity contribution < 1.29 is 4.79 Å². The number of amides is 2. The van der Waals surface area contributed by atoms with Gasteiger partial charge in [-0.15, -0.1) is 0 Å². The predicted molar refractivity (Wildman–Crippen MR) is 106 cm³/mol. The first-order valence-corrected chi connectivity index (χ1v) is 9.73. The van der Waals surface area contributed by atoms with Crippen LogP contribution in [0.15, 0.2) is 29.8 Å². The van der Waals surface area contributed by atoms with Crippen molar-refractivity contribution in [3.63, 3.8) is 0 Å². The molecule has 1 aliphatic carbocycles. The van der Waals surface area contributed by atoms with E-state index in [1.807, 2.05) is 23.1 Å². The number of nitrogens with zero attached hydrogens (tertiary/aromatic N) is 2. The maximum Gasteiger partial charge on any atom is 0.321 e. The summed E-state index contributed by atoms with van der Waals surface area (Å²) in [7, 11) is 0. The summed E-state index contributed by atoms with van der Waals surface area (Å²) in [5, 5.41) is 12.9. The highest BCUT2D eigenvalue weighted by molar-refractivity contribution is 5.89. The molecule has 0 unspecified atom stereocenters. The zero-order chi connectivity index (χ0) is 19.2. The predicted octanol–water partition coefficient (Wildman–Crippen LogP) is 5.12. The van der Waals surface area contributed by atoms with Crippen LogP contribution in [-0.4, -0.2) is 24.0 Å². The lowest BCUT2D eigenvalue weighted by Crippen LogP contribution is -2.42. The van der Waals surface area contributed by atoms with Gasteiger partial charge < -0.3 is 10.2 Å². The highest BCUT2D eigenvalue weighted by Gasteiger charge is 2.34. The van der Waals surface area contributed by atoms with Crippen molar-refractivity contribution in [2.24, 2.45) is 5.41 Å². The average Bonchev–Trinajstić information content (AvgIpc) is 2.61. The lowest BCUT2D eigenvalue weighted by atomic mass is 9.72. The normalized spacial score (nSPS) is 15.2. The third kappa shape index (κ3) is 4.46. The molecule has 0 fully saturated rings. The molecule has 2 amide bonds. The van der Waals surface area contributed by atoms with Crippen LogP contribution < -0.4 is 5.32 Å². The minimum atomic E-state index is -0.288. The number of carbonyl (C=O) groups is 1. The Morgan fingerprint density at radius 2 is 1.81 bits per heavy atom. The number of rotatable bonds is 7. The standard InChI is InChI=1S/C22H31N3O/c1-5-7-13-25(14-8-6-2)21(26)24-20-18-12-10-9-11-17(18)15-22(3,4)19(20)16-23/h9-12H,5-8,13-15H2,1-4H3,(H,24,26). The first-order valence-electron chi connectivity index (χ1n) is 9.73. The van der Waals surface area contributed by atoms with Crippen molar-refractivity contribution in [1.82, 2.24) is 10.2 Å². The van der Waals surface area contributed by atoms with E-state index in [1.165, 1.54) is 5.56 Å². The SMILES string of the molecule is CCCCN(CCCC)C(=O)NC1=C(C#N)C(C)(C)Cc2ccccc21. The minimum Gasteiger partial charge on any atom is -0.325 e. The van der Waals surface area contributed by atoms with Crippen molar-refractivity contribution in [3.8, 4) is 6.07 Å². The van der Waals surface area contributed by atoms with Gasteiger partial charge in [0.05, 0.1) is 17.3 Å². The van der Waals surface area contributed by atoms with Crippen molar-refractivity contribution >= 4 is 11.7 Å². The second-order valence-electron chi connectivity index (χ2n) is 7.70. The quantitative estimate of drug-likeness (QED) is 0.740. The molecule has 0 aliphatic heterocycles. The lowest BCUT2D eigenvalue weighted by Gasteiger charge is -2.34. The number of allylic oxidation sites excluding steroid dienone is 1. The fourth-order valence-electron chi connectivity index (χ4n) is 3.49. The van der Waals surface area contributed by atoms with E-state index in [9.17, 15) is 10.1 Å². The second kappa shape index (κ2) is 8.89. The van der Waals surface area contributed by atoms with Gasteiger partial charge >= 0.3 is 6.03 Å². The molecule has 0 heterocycles.